The van der Waals surface area contributed by atoms with Gasteiger partial charge in [-0.25, -0.2) is 12.8 Å². The third-order valence-electron chi connectivity index (χ3n) is 6.43. The number of hydrogen-bond acceptors (Lipinski definition) is 5. The highest BCUT2D eigenvalue weighted by Gasteiger charge is 2.58. The molecule has 8 nitrogen and oxygen atoms in total. The zero-order valence-corrected chi connectivity index (χ0v) is 19.1. The molecular weight excluding hydrogens is 449 g/mol. The maximum absolute atomic E-state index is 13.3. The first-order valence-corrected chi connectivity index (χ1v) is 12.5. The van der Waals surface area contributed by atoms with Crippen LogP contribution >= 0.6 is 0 Å². The lowest BCUT2D eigenvalue weighted by Crippen LogP contribution is -2.48. The number of benzene rings is 1. The molecule has 0 unspecified atom stereocenters. The lowest BCUT2D eigenvalue weighted by molar-refractivity contribution is -0.127. The topological polar surface area (TPSA) is 109 Å². The van der Waals surface area contributed by atoms with Gasteiger partial charge in [0.25, 0.3) is 5.56 Å². The van der Waals surface area contributed by atoms with E-state index in [-0.39, 0.29) is 18.6 Å². The van der Waals surface area contributed by atoms with Gasteiger partial charge in [-0.15, -0.1) is 0 Å². The molecule has 0 radical (unpaired) electrons. The minimum absolute atomic E-state index is 0.0517. The second-order valence-corrected chi connectivity index (χ2v) is 10.3. The Morgan fingerprint density at radius 1 is 1.24 bits per heavy atom. The molecule has 1 saturated heterocycles. The molecule has 176 valence electrons. The van der Waals surface area contributed by atoms with Crippen molar-refractivity contribution in [2.75, 3.05) is 12.9 Å². The van der Waals surface area contributed by atoms with Crippen molar-refractivity contribution < 1.29 is 22.7 Å². The summed E-state index contributed by atoms with van der Waals surface area (Å²) in [5, 5.41) is 13.0. The van der Waals surface area contributed by atoms with Crippen LogP contribution in [0.5, 0.6) is 0 Å². The fraction of sp³-hybridized carbons (Fsp3) is 0.391. The van der Waals surface area contributed by atoms with Crippen LogP contribution in [-0.2, 0) is 27.9 Å². The summed E-state index contributed by atoms with van der Waals surface area (Å²) in [5.74, 6) is -2.41. The lowest BCUT2D eigenvalue weighted by Gasteiger charge is -2.36. The predicted molar refractivity (Wildman–Crippen MR) is 121 cm³/mol. The summed E-state index contributed by atoms with van der Waals surface area (Å²) in [4.78, 5) is 26.4. The number of rotatable bonds is 6. The number of amides is 1. The molecule has 10 heteroatoms. The standard InChI is InChI=1S/C23H26FN3O5S/c1-3-4-15-7-10-18-21-20(22(29)25-11-14-5-8-16(24)9-6-14)17(13-28)19(12-26(18)23(15)30)27(21)33(2,31)32/h3-10,17,19-21,28H,11-13H2,1-2H3,(H,25,29)/b4-3-/t17-,19-,20+,21+/m1/s1. The number of pyridine rings is 1. The minimum Gasteiger partial charge on any atom is -0.396 e. The van der Waals surface area contributed by atoms with E-state index >= 15 is 0 Å². The highest BCUT2D eigenvalue weighted by Crippen LogP contribution is 2.49. The van der Waals surface area contributed by atoms with Gasteiger partial charge < -0.3 is 15.0 Å². The maximum atomic E-state index is 13.3. The Morgan fingerprint density at radius 2 is 1.94 bits per heavy atom. The van der Waals surface area contributed by atoms with E-state index in [4.69, 9.17) is 0 Å². The van der Waals surface area contributed by atoms with E-state index in [1.54, 1.807) is 43.3 Å². The molecule has 2 aliphatic rings. The van der Waals surface area contributed by atoms with Gasteiger partial charge >= 0.3 is 0 Å². The summed E-state index contributed by atoms with van der Waals surface area (Å²) in [6.45, 7) is 1.56. The summed E-state index contributed by atoms with van der Waals surface area (Å²) < 4.78 is 41.4. The van der Waals surface area contributed by atoms with Gasteiger partial charge in [0.15, 0.2) is 0 Å². The molecule has 2 N–H and O–H groups in total. The number of carbonyl (C=O) groups excluding carboxylic acids is 1. The number of aliphatic hydroxyl groups is 1. The molecule has 1 fully saturated rings. The van der Waals surface area contributed by atoms with E-state index in [0.717, 1.165) is 6.26 Å². The van der Waals surface area contributed by atoms with E-state index < -0.39 is 52.3 Å². The molecule has 2 bridgehead atoms. The average Bonchev–Trinajstić information content (AvgIpc) is 3.03. The Labute approximate surface area is 191 Å². The summed E-state index contributed by atoms with van der Waals surface area (Å²) in [7, 11) is -3.75. The molecule has 33 heavy (non-hydrogen) atoms. The Balaban J connectivity index is 1.75. The Kier molecular flexibility index (Phi) is 6.26. The number of hydrogen-bond donors (Lipinski definition) is 2. The van der Waals surface area contributed by atoms with Gasteiger partial charge in [-0.05, 0) is 36.8 Å². The maximum Gasteiger partial charge on any atom is 0.258 e. The van der Waals surface area contributed by atoms with Gasteiger partial charge in [-0.3, -0.25) is 9.59 Å². The van der Waals surface area contributed by atoms with Crippen LogP contribution in [0.25, 0.3) is 6.08 Å². The van der Waals surface area contributed by atoms with Crippen molar-refractivity contribution in [3.63, 3.8) is 0 Å². The number of nitrogens with zero attached hydrogens (tertiary/aromatic N) is 2. The second-order valence-electron chi connectivity index (χ2n) is 8.45. The third kappa shape index (κ3) is 4.14. The number of halogens is 1. The summed E-state index contributed by atoms with van der Waals surface area (Å²) in [6, 6.07) is 7.32. The largest absolute Gasteiger partial charge is 0.396 e. The minimum atomic E-state index is -3.75. The first-order valence-electron chi connectivity index (χ1n) is 10.6. The molecule has 1 amide bonds. The van der Waals surface area contributed by atoms with Gasteiger partial charge in [0.2, 0.25) is 15.9 Å². The third-order valence-corrected chi connectivity index (χ3v) is 7.69. The molecule has 1 aromatic carbocycles. The van der Waals surface area contributed by atoms with Crippen LogP contribution < -0.4 is 10.9 Å². The Bertz CT molecular complexity index is 1260. The van der Waals surface area contributed by atoms with Crippen LogP contribution in [0.15, 0.2) is 47.3 Å². The van der Waals surface area contributed by atoms with Crippen LogP contribution in [0.4, 0.5) is 4.39 Å². The van der Waals surface area contributed by atoms with Crippen LogP contribution in [0, 0.1) is 17.7 Å². The SMILES string of the molecule is C/C=C\c1ccc2n(c1=O)C[C@@H]1[C@@H](CO)[C@H](C(=O)NCc3ccc(F)cc3)[C@H]2N1S(C)(=O)=O. The Hall–Kier alpha value is -2.82. The highest BCUT2D eigenvalue weighted by atomic mass is 32.2. The number of allylic oxidation sites excluding steroid dienone is 1. The summed E-state index contributed by atoms with van der Waals surface area (Å²) in [5.41, 5.74) is 1.30. The molecule has 1 aromatic heterocycles. The second kappa shape index (κ2) is 8.85. The molecule has 4 atom stereocenters. The summed E-state index contributed by atoms with van der Waals surface area (Å²) in [6.07, 6.45) is 4.49. The van der Waals surface area contributed by atoms with Gasteiger partial charge in [0.1, 0.15) is 5.82 Å². The van der Waals surface area contributed by atoms with E-state index in [0.29, 0.717) is 16.8 Å². The number of sulfonamides is 1. The molecule has 0 spiro atoms. The van der Waals surface area contributed by atoms with Gasteiger partial charge in [0, 0.05) is 42.9 Å². The van der Waals surface area contributed by atoms with Crippen molar-refractivity contribution in [2.45, 2.75) is 32.1 Å². The zero-order chi connectivity index (χ0) is 23.9. The molecular formula is C23H26FN3O5S. The van der Waals surface area contributed by atoms with E-state index in [1.807, 2.05) is 0 Å². The Morgan fingerprint density at radius 3 is 2.55 bits per heavy atom. The van der Waals surface area contributed by atoms with E-state index in [2.05, 4.69) is 5.32 Å². The van der Waals surface area contributed by atoms with Crippen LogP contribution in [0.1, 0.15) is 29.8 Å². The molecule has 0 aliphatic carbocycles. The van der Waals surface area contributed by atoms with Crippen LogP contribution in [-0.4, -0.2) is 47.2 Å². The van der Waals surface area contributed by atoms with Gasteiger partial charge in [0.05, 0.1) is 18.2 Å². The molecule has 3 heterocycles. The van der Waals surface area contributed by atoms with E-state index in [1.165, 1.54) is 21.0 Å². The first-order chi connectivity index (χ1) is 15.7. The predicted octanol–water partition coefficient (Wildman–Crippen LogP) is 1.26. The molecule has 2 aliphatic heterocycles. The van der Waals surface area contributed by atoms with Crippen molar-refractivity contribution in [3.05, 3.63) is 75.5 Å². The quantitative estimate of drug-likeness (QED) is 0.654. The monoisotopic (exact) mass is 475 g/mol. The molecule has 2 aromatic rings. The van der Waals surface area contributed by atoms with Gasteiger partial charge in [-0.1, -0.05) is 24.3 Å². The number of fused-ring (bicyclic) bond motifs is 4. The number of aliphatic hydroxyl groups excluding tert-OH is 1. The number of nitrogens with one attached hydrogen (secondary N) is 1. The molecule has 4 rings (SSSR count). The average molecular weight is 476 g/mol. The van der Waals surface area contributed by atoms with Gasteiger partial charge in [-0.2, -0.15) is 4.31 Å². The van der Waals surface area contributed by atoms with Crippen LogP contribution in [0.2, 0.25) is 0 Å². The van der Waals surface area contributed by atoms with Crippen molar-refractivity contribution >= 4 is 22.0 Å². The first kappa shape index (κ1) is 23.3. The fourth-order valence-electron chi connectivity index (χ4n) is 5.04. The number of aromatic nitrogens is 1. The summed E-state index contributed by atoms with van der Waals surface area (Å²) >= 11 is 0. The lowest BCUT2D eigenvalue weighted by atomic mass is 9.86. The van der Waals surface area contributed by atoms with Crippen LogP contribution in [0.3, 0.4) is 0 Å². The van der Waals surface area contributed by atoms with Crippen molar-refractivity contribution in [1.82, 2.24) is 14.2 Å². The molecule has 0 saturated carbocycles. The fourth-order valence-corrected chi connectivity index (χ4v) is 6.41. The van der Waals surface area contributed by atoms with E-state index in [9.17, 15) is 27.5 Å². The zero-order valence-electron chi connectivity index (χ0n) is 18.3. The van der Waals surface area contributed by atoms with Crippen molar-refractivity contribution in [3.8, 4) is 0 Å². The van der Waals surface area contributed by atoms with Crippen molar-refractivity contribution in [1.29, 1.82) is 0 Å². The van der Waals surface area contributed by atoms with Crippen molar-refractivity contribution in [2.24, 2.45) is 11.8 Å². The smallest absolute Gasteiger partial charge is 0.258 e. The highest BCUT2D eigenvalue weighted by molar-refractivity contribution is 7.88. The number of carbonyl (C=O) groups is 1. The normalized spacial score (nSPS) is 24.7.